The molecule has 1 aliphatic heterocycles. The second-order valence-corrected chi connectivity index (χ2v) is 6.91. The van der Waals surface area contributed by atoms with Crippen molar-refractivity contribution >= 4 is 27.3 Å². The van der Waals surface area contributed by atoms with Crippen LogP contribution in [-0.4, -0.2) is 13.1 Å². The van der Waals surface area contributed by atoms with Gasteiger partial charge in [-0.2, -0.15) is 0 Å². The van der Waals surface area contributed by atoms with Crippen LogP contribution < -0.4 is 5.32 Å². The first-order chi connectivity index (χ1) is 6.81. The molecule has 2 aliphatic rings. The van der Waals surface area contributed by atoms with Gasteiger partial charge in [-0.1, -0.05) is 0 Å². The molecule has 0 aromatic carbocycles. The minimum atomic E-state index is 0.570. The topological polar surface area (TPSA) is 12.0 Å². The standard InChI is InChI=1S/C11H14BrNS/c12-10-2-1-9(14-10)11(4-5-11)8-3-6-13-7-8/h1-2,8,13H,3-7H2. The monoisotopic (exact) mass is 271 g/mol. The highest BCUT2D eigenvalue weighted by Gasteiger charge is 2.51. The number of hydrogen-bond acceptors (Lipinski definition) is 2. The lowest BCUT2D eigenvalue weighted by molar-refractivity contribution is 0.446. The van der Waals surface area contributed by atoms with Crippen LogP contribution in [-0.2, 0) is 5.41 Å². The molecule has 3 rings (SSSR count). The molecule has 1 saturated heterocycles. The van der Waals surface area contributed by atoms with Gasteiger partial charge < -0.3 is 5.32 Å². The zero-order chi connectivity index (χ0) is 9.60. The molecule has 1 nitrogen and oxygen atoms in total. The van der Waals surface area contributed by atoms with Crippen molar-refractivity contribution < 1.29 is 0 Å². The third-order valence-electron chi connectivity index (χ3n) is 3.69. The molecule has 0 bridgehead atoms. The van der Waals surface area contributed by atoms with Gasteiger partial charge in [0, 0.05) is 10.3 Å². The molecule has 1 aliphatic carbocycles. The maximum atomic E-state index is 3.56. The molecule has 1 unspecified atom stereocenters. The fraction of sp³-hybridized carbons (Fsp3) is 0.636. The Morgan fingerprint density at radius 2 is 2.29 bits per heavy atom. The van der Waals surface area contributed by atoms with Gasteiger partial charge >= 0.3 is 0 Å². The van der Waals surface area contributed by atoms with E-state index in [-0.39, 0.29) is 0 Å². The van der Waals surface area contributed by atoms with Gasteiger partial charge in [0.1, 0.15) is 0 Å². The minimum absolute atomic E-state index is 0.570. The van der Waals surface area contributed by atoms with E-state index in [9.17, 15) is 0 Å². The van der Waals surface area contributed by atoms with E-state index in [4.69, 9.17) is 0 Å². The van der Waals surface area contributed by atoms with E-state index in [1.54, 1.807) is 4.88 Å². The molecule has 1 atom stereocenters. The van der Waals surface area contributed by atoms with Crippen LogP contribution in [0.4, 0.5) is 0 Å². The van der Waals surface area contributed by atoms with E-state index < -0.39 is 0 Å². The highest BCUT2D eigenvalue weighted by Crippen LogP contribution is 2.57. The van der Waals surface area contributed by atoms with Crippen LogP contribution in [0, 0.1) is 5.92 Å². The Balaban J connectivity index is 1.89. The molecule has 1 aromatic rings. The third kappa shape index (κ3) is 1.37. The van der Waals surface area contributed by atoms with Gasteiger partial charge in [0.25, 0.3) is 0 Å². The van der Waals surface area contributed by atoms with Crippen LogP contribution in [0.2, 0.25) is 0 Å². The second kappa shape index (κ2) is 3.32. The lowest BCUT2D eigenvalue weighted by atomic mass is 9.87. The molecule has 0 amide bonds. The summed E-state index contributed by atoms with van der Waals surface area (Å²) in [4.78, 5) is 1.61. The summed E-state index contributed by atoms with van der Waals surface area (Å²) in [5.74, 6) is 0.896. The van der Waals surface area contributed by atoms with Gasteiger partial charge in [0.05, 0.1) is 3.79 Å². The SMILES string of the molecule is Brc1ccc(C2(C3CCNC3)CC2)s1. The molecule has 76 valence electrons. The molecule has 14 heavy (non-hydrogen) atoms. The maximum Gasteiger partial charge on any atom is 0.0701 e. The van der Waals surface area contributed by atoms with Gasteiger partial charge in [-0.15, -0.1) is 11.3 Å². The van der Waals surface area contributed by atoms with Crippen LogP contribution in [0.3, 0.4) is 0 Å². The predicted molar refractivity (Wildman–Crippen MR) is 63.9 cm³/mol. The van der Waals surface area contributed by atoms with Gasteiger partial charge in [0.15, 0.2) is 0 Å². The lowest BCUT2D eigenvalue weighted by Gasteiger charge is -2.20. The van der Waals surface area contributed by atoms with E-state index in [0.29, 0.717) is 5.41 Å². The normalized spacial score (nSPS) is 29.4. The highest BCUT2D eigenvalue weighted by molar-refractivity contribution is 9.11. The van der Waals surface area contributed by atoms with Crippen molar-refractivity contribution in [2.24, 2.45) is 5.92 Å². The van der Waals surface area contributed by atoms with Crippen molar-refractivity contribution in [1.29, 1.82) is 0 Å². The molecule has 3 heteroatoms. The zero-order valence-corrected chi connectivity index (χ0v) is 10.5. The van der Waals surface area contributed by atoms with E-state index >= 15 is 0 Å². The smallest absolute Gasteiger partial charge is 0.0701 e. The number of thiophene rings is 1. The van der Waals surface area contributed by atoms with E-state index in [0.717, 1.165) is 5.92 Å². The van der Waals surface area contributed by atoms with Crippen molar-refractivity contribution in [1.82, 2.24) is 5.32 Å². The summed E-state index contributed by atoms with van der Waals surface area (Å²) in [5, 5.41) is 3.49. The quantitative estimate of drug-likeness (QED) is 0.872. The Labute approximate surface area is 97.0 Å². The highest BCUT2D eigenvalue weighted by atomic mass is 79.9. The summed E-state index contributed by atoms with van der Waals surface area (Å²) in [7, 11) is 0. The Bertz CT molecular complexity index is 337. The van der Waals surface area contributed by atoms with Crippen LogP contribution in [0.15, 0.2) is 15.9 Å². The van der Waals surface area contributed by atoms with Crippen molar-refractivity contribution in [2.75, 3.05) is 13.1 Å². The zero-order valence-electron chi connectivity index (χ0n) is 8.05. The first kappa shape index (κ1) is 9.37. The van der Waals surface area contributed by atoms with Crippen LogP contribution >= 0.6 is 27.3 Å². The number of halogens is 1. The average Bonchev–Trinajstić information content (AvgIpc) is 2.68. The minimum Gasteiger partial charge on any atom is -0.316 e. The molecule has 1 saturated carbocycles. The van der Waals surface area contributed by atoms with E-state index in [2.05, 4.69) is 33.4 Å². The summed E-state index contributed by atoms with van der Waals surface area (Å²) in [5.41, 5.74) is 0.570. The van der Waals surface area contributed by atoms with Crippen LogP contribution in [0.5, 0.6) is 0 Å². The Hall–Kier alpha value is 0.140. The molecule has 1 N–H and O–H groups in total. The Morgan fingerprint density at radius 3 is 2.79 bits per heavy atom. The molecule has 2 fully saturated rings. The lowest BCUT2D eigenvalue weighted by Crippen LogP contribution is -2.21. The molecule has 0 spiro atoms. The summed E-state index contributed by atoms with van der Waals surface area (Å²) in [6, 6.07) is 4.52. The van der Waals surface area contributed by atoms with Crippen molar-refractivity contribution in [2.45, 2.75) is 24.7 Å². The average molecular weight is 272 g/mol. The molecule has 1 aromatic heterocycles. The van der Waals surface area contributed by atoms with Gasteiger partial charge in [0.2, 0.25) is 0 Å². The Kier molecular flexibility index (Phi) is 2.22. The number of rotatable bonds is 2. The summed E-state index contributed by atoms with van der Waals surface area (Å²) >= 11 is 5.50. The van der Waals surface area contributed by atoms with Gasteiger partial charge in [-0.05, 0) is 66.3 Å². The fourth-order valence-corrected chi connectivity index (χ4v) is 4.41. The van der Waals surface area contributed by atoms with Crippen LogP contribution in [0.1, 0.15) is 24.1 Å². The summed E-state index contributed by atoms with van der Waals surface area (Å²) in [6.07, 6.45) is 4.19. The maximum absolute atomic E-state index is 3.56. The fourth-order valence-electron chi connectivity index (χ4n) is 2.70. The molecular weight excluding hydrogens is 258 g/mol. The van der Waals surface area contributed by atoms with Crippen molar-refractivity contribution in [3.05, 3.63) is 20.8 Å². The summed E-state index contributed by atoms with van der Waals surface area (Å²) in [6.45, 7) is 2.45. The van der Waals surface area contributed by atoms with E-state index in [1.807, 2.05) is 11.3 Å². The summed E-state index contributed by atoms with van der Waals surface area (Å²) < 4.78 is 1.28. The van der Waals surface area contributed by atoms with Gasteiger partial charge in [-0.25, -0.2) is 0 Å². The van der Waals surface area contributed by atoms with E-state index in [1.165, 1.54) is 36.1 Å². The molecule has 2 heterocycles. The second-order valence-electron chi connectivity index (χ2n) is 4.45. The Morgan fingerprint density at radius 1 is 1.43 bits per heavy atom. The first-order valence-corrected chi connectivity index (χ1v) is 6.89. The first-order valence-electron chi connectivity index (χ1n) is 5.28. The largest absolute Gasteiger partial charge is 0.316 e. The van der Waals surface area contributed by atoms with Crippen molar-refractivity contribution in [3.8, 4) is 0 Å². The van der Waals surface area contributed by atoms with Crippen LogP contribution in [0.25, 0.3) is 0 Å². The predicted octanol–water partition coefficient (Wildman–Crippen LogP) is 3.15. The number of hydrogen-bond donors (Lipinski definition) is 1. The number of nitrogens with one attached hydrogen (secondary N) is 1. The van der Waals surface area contributed by atoms with Crippen molar-refractivity contribution in [3.63, 3.8) is 0 Å². The molecular formula is C11H14BrNS. The molecule has 0 radical (unpaired) electrons. The third-order valence-corrected chi connectivity index (χ3v) is 5.54. The van der Waals surface area contributed by atoms with Gasteiger partial charge in [-0.3, -0.25) is 0 Å².